The summed E-state index contributed by atoms with van der Waals surface area (Å²) in [7, 11) is 0. The van der Waals surface area contributed by atoms with Crippen molar-refractivity contribution in [2.24, 2.45) is 0 Å². The number of aromatic nitrogens is 1. The second-order valence-corrected chi connectivity index (χ2v) is 5.44. The van der Waals surface area contributed by atoms with Gasteiger partial charge in [-0.25, -0.2) is 0 Å². The maximum absolute atomic E-state index is 9.30. The predicted octanol–water partition coefficient (Wildman–Crippen LogP) is 2.83. The van der Waals surface area contributed by atoms with E-state index in [-0.39, 0.29) is 0 Å². The maximum Gasteiger partial charge on any atom is 0.122 e. The van der Waals surface area contributed by atoms with Gasteiger partial charge in [0.05, 0.1) is 0 Å². The Morgan fingerprint density at radius 1 is 1.05 bits per heavy atom. The molecule has 1 aromatic heterocycles. The lowest BCUT2D eigenvalue weighted by Crippen LogP contribution is -2.37. The fourth-order valence-corrected chi connectivity index (χ4v) is 2.65. The van der Waals surface area contributed by atoms with Gasteiger partial charge in [-0.15, -0.1) is 0 Å². The molecule has 0 bridgehead atoms. The zero-order valence-corrected chi connectivity index (χ0v) is 12.0. The number of phenolic OH excluding ortho intramolecular Hbond substituents is 1. The maximum atomic E-state index is 9.30. The molecule has 0 unspecified atom stereocenters. The van der Waals surface area contributed by atoms with Crippen LogP contribution in [-0.4, -0.2) is 34.2 Å². The molecule has 0 aliphatic carbocycles. The molecule has 1 aliphatic heterocycles. The first kappa shape index (κ1) is 13.9. The van der Waals surface area contributed by atoms with Gasteiger partial charge in [-0.2, -0.15) is 0 Å². The number of likely N-dealkylation sites (tertiary alicyclic amines) is 1. The van der Waals surface area contributed by atoms with E-state index in [0.29, 0.717) is 11.9 Å². The van der Waals surface area contributed by atoms with Crippen LogP contribution in [0.5, 0.6) is 11.5 Å². The summed E-state index contributed by atoms with van der Waals surface area (Å²) in [6.07, 6.45) is 5.90. The van der Waals surface area contributed by atoms with Crippen LogP contribution in [0.25, 0.3) is 0 Å². The Hall–Kier alpha value is -2.07. The monoisotopic (exact) mass is 284 g/mol. The molecule has 3 rings (SSSR count). The lowest BCUT2D eigenvalue weighted by atomic mass is 10.1. The Kier molecular flexibility index (Phi) is 4.36. The lowest BCUT2D eigenvalue weighted by molar-refractivity contribution is 0.0967. The van der Waals surface area contributed by atoms with Crippen LogP contribution in [0.4, 0.5) is 0 Å². The van der Waals surface area contributed by atoms with E-state index in [2.05, 4.69) is 9.88 Å². The molecule has 2 aromatic rings. The van der Waals surface area contributed by atoms with Crippen LogP contribution in [0.15, 0.2) is 48.8 Å². The topological polar surface area (TPSA) is 45.6 Å². The third-order valence-electron chi connectivity index (χ3n) is 3.83. The number of pyridine rings is 1. The summed E-state index contributed by atoms with van der Waals surface area (Å²) in [6, 6.07) is 11.3. The van der Waals surface area contributed by atoms with Crippen LogP contribution in [0.1, 0.15) is 18.4 Å². The smallest absolute Gasteiger partial charge is 0.122 e. The zero-order valence-electron chi connectivity index (χ0n) is 12.0. The lowest BCUT2D eigenvalue weighted by Gasteiger charge is -2.32. The number of hydrogen-bond acceptors (Lipinski definition) is 4. The summed E-state index contributed by atoms with van der Waals surface area (Å²) >= 11 is 0. The first-order valence-corrected chi connectivity index (χ1v) is 7.36. The fourth-order valence-electron chi connectivity index (χ4n) is 2.65. The number of benzene rings is 1. The van der Waals surface area contributed by atoms with Crippen LogP contribution in [-0.2, 0) is 6.54 Å². The van der Waals surface area contributed by atoms with Crippen LogP contribution in [0.3, 0.4) is 0 Å². The van der Waals surface area contributed by atoms with Gasteiger partial charge in [0.1, 0.15) is 17.6 Å². The highest BCUT2D eigenvalue weighted by atomic mass is 16.5. The van der Waals surface area contributed by atoms with E-state index in [4.69, 9.17) is 4.74 Å². The number of hydrogen-bond donors (Lipinski definition) is 1. The molecule has 4 heteroatoms. The Morgan fingerprint density at radius 3 is 2.38 bits per heavy atom. The fraction of sp³-hybridized carbons (Fsp3) is 0.353. The molecule has 1 aromatic carbocycles. The van der Waals surface area contributed by atoms with Gasteiger partial charge in [0.15, 0.2) is 0 Å². The second kappa shape index (κ2) is 6.59. The molecule has 1 fully saturated rings. The molecule has 4 nitrogen and oxygen atoms in total. The molecule has 1 saturated heterocycles. The van der Waals surface area contributed by atoms with Gasteiger partial charge in [-0.05, 0) is 42.7 Å². The van der Waals surface area contributed by atoms with E-state index >= 15 is 0 Å². The number of ether oxygens (including phenoxy) is 1. The van der Waals surface area contributed by atoms with Gasteiger partial charge in [0, 0.05) is 32.0 Å². The van der Waals surface area contributed by atoms with E-state index in [0.717, 1.165) is 38.2 Å². The third-order valence-corrected chi connectivity index (χ3v) is 3.83. The van der Waals surface area contributed by atoms with E-state index in [1.165, 1.54) is 5.56 Å². The second-order valence-electron chi connectivity index (χ2n) is 5.44. The van der Waals surface area contributed by atoms with Gasteiger partial charge in [0.2, 0.25) is 0 Å². The third kappa shape index (κ3) is 3.95. The largest absolute Gasteiger partial charge is 0.508 e. The number of nitrogens with zero attached hydrogens (tertiary/aromatic N) is 2. The molecule has 0 radical (unpaired) electrons. The Bertz CT molecular complexity index is 549. The van der Waals surface area contributed by atoms with Crippen molar-refractivity contribution >= 4 is 0 Å². The number of rotatable bonds is 4. The number of aromatic hydroxyl groups is 1. The summed E-state index contributed by atoms with van der Waals surface area (Å²) < 4.78 is 5.97. The molecule has 0 spiro atoms. The average Bonchev–Trinajstić information content (AvgIpc) is 2.53. The van der Waals surface area contributed by atoms with E-state index < -0.39 is 0 Å². The van der Waals surface area contributed by atoms with E-state index in [1.807, 2.05) is 24.3 Å². The van der Waals surface area contributed by atoms with Crippen LogP contribution < -0.4 is 4.74 Å². The summed E-state index contributed by atoms with van der Waals surface area (Å²) in [5, 5.41) is 9.30. The van der Waals surface area contributed by atoms with Gasteiger partial charge in [0.25, 0.3) is 0 Å². The van der Waals surface area contributed by atoms with Crippen LogP contribution in [0.2, 0.25) is 0 Å². The molecular weight excluding hydrogens is 264 g/mol. The first-order valence-electron chi connectivity index (χ1n) is 7.36. The van der Waals surface area contributed by atoms with Gasteiger partial charge in [-0.3, -0.25) is 9.88 Å². The van der Waals surface area contributed by atoms with Crippen molar-refractivity contribution in [3.63, 3.8) is 0 Å². The molecule has 21 heavy (non-hydrogen) atoms. The van der Waals surface area contributed by atoms with Gasteiger partial charge < -0.3 is 9.84 Å². The molecule has 110 valence electrons. The average molecular weight is 284 g/mol. The van der Waals surface area contributed by atoms with Crippen molar-refractivity contribution in [2.45, 2.75) is 25.5 Å². The van der Waals surface area contributed by atoms with Crippen LogP contribution in [0, 0.1) is 0 Å². The molecular formula is C17H20N2O2. The summed E-state index contributed by atoms with van der Waals surface area (Å²) in [6.45, 7) is 3.01. The minimum absolute atomic E-state index is 0.295. The van der Waals surface area contributed by atoms with E-state index in [9.17, 15) is 5.11 Å². The quantitative estimate of drug-likeness (QED) is 0.937. The Labute approximate surface area is 125 Å². The van der Waals surface area contributed by atoms with Crippen molar-refractivity contribution in [1.29, 1.82) is 0 Å². The minimum atomic E-state index is 0.295. The molecule has 0 atom stereocenters. The zero-order chi connectivity index (χ0) is 14.5. The highest BCUT2D eigenvalue weighted by Crippen LogP contribution is 2.20. The Morgan fingerprint density at radius 2 is 1.71 bits per heavy atom. The van der Waals surface area contributed by atoms with Crippen molar-refractivity contribution in [3.05, 3.63) is 54.4 Å². The normalized spacial score (nSPS) is 16.8. The van der Waals surface area contributed by atoms with Gasteiger partial charge in [-0.1, -0.05) is 12.1 Å². The molecule has 0 saturated carbocycles. The van der Waals surface area contributed by atoms with Crippen molar-refractivity contribution in [2.75, 3.05) is 13.1 Å². The van der Waals surface area contributed by atoms with Gasteiger partial charge >= 0.3 is 0 Å². The molecule has 1 aliphatic rings. The van der Waals surface area contributed by atoms with Crippen molar-refractivity contribution in [3.8, 4) is 11.5 Å². The molecule has 0 amide bonds. The van der Waals surface area contributed by atoms with E-state index in [1.54, 1.807) is 24.5 Å². The standard InChI is InChI=1S/C17H20N2O2/c20-15-3-1-14(2-4-15)13-19-11-7-17(8-12-19)21-16-5-9-18-10-6-16/h1-6,9-10,17,20H,7-8,11-13H2. The van der Waals surface area contributed by atoms with Crippen molar-refractivity contribution in [1.82, 2.24) is 9.88 Å². The highest BCUT2D eigenvalue weighted by molar-refractivity contribution is 5.25. The van der Waals surface area contributed by atoms with Crippen molar-refractivity contribution < 1.29 is 9.84 Å². The molecule has 1 N–H and O–H groups in total. The predicted molar refractivity (Wildman–Crippen MR) is 81.3 cm³/mol. The SMILES string of the molecule is Oc1ccc(CN2CCC(Oc3ccncc3)CC2)cc1. The summed E-state index contributed by atoms with van der Waals surface area (Å²) in [5.74, 6) is 1.23. The summed E-state index contributed by atoms with van der Waals surface area (Å²) in [4.78, 5) is 6.43. The number of phenols is 1. The highest BCUT2D eigenvalue weighted by Gasteiger charge is 2.20. The summed E-state index contributed by atoms with van der Waals surface area (Å²) in [5.41, 5.74) is 1.24. The molecule has 2 heterocycles. The first-order chi connectivity index (χ1) is 10.3. The Balaban J connectivity index is 1.47. The van der Waals surface area contributed by atoms with Crippen LogP contribution >= 0.6 is 0 Å². The number of piperidine rings is 1. The minimum Gasteiger partial charge on any atom is -0.508 e.